The molecule has 0 aliphatic heterocycles. The molecule has 1 saturated carbocycles. The molecule has 0 amide bonds. The van der Waals surface area contributed by atoms with Crippen LogP contribution in [0.1, 0.15) is 38.5 Å². The molecule has 1 aliphatic carbocycles. The Morgan fingerprint density at radius 3 is 2.21 bits per heavy atom. The molecular formula is C11H24BCl2NO4. The van der Waals surface area contributed by atoms with Gasteiger partial charge in [-0.15, -0.1) is 24.8 Å². The lowest BCUT2D eigenvalue weighted by atomic mass is 9.79. The van der Waals surface area contributed by atoms with E-state index in [1.54, 1.807) is 0 Å². The van der Waals surface area contributed by atoms with Gasteiger partial charge in [-0.05, 0) is 31.5 Å². The SMILES string of the molecule is Cl.Cl.NC(CCCB(O)O)C(C(=O)O)C1CCCC1. The van der Waals surface area contributed by atoms with Crippen LogP contribution in [0.25, 0.3) is 0 Å². The monoisotopic (exact) mass is 315 g/mol. The lowest BCUT2D eigenvalue weighted by Gasteiger charge is -2.25. The maximum Gasteiger partial charge on any atom is 0.451 e. The number of halogens is 2. The minimum absolute atomic E-state index is 0. The molecule has 114 valence electrons. The molecule has 0 aromatic carbocycles. The van der Waals surface area contributed by atoms with Crippen LogP contribution >= 0.6 is 24.8 Å². The van der Waals surface area contributed by atoms with Gasteiger partial charge in [0.25, 0.3) is 0 Å². The molecule has 0 heterocycles. The number of aliphatic carboxylic acids is 1. The molecule has 1 aliphatic rings. The van der Waals surface area contributed by atoms with E-state index >= 15 is 0 Å². The minimum Gasteiger partial charge on any atom is -0.481 e. The van der Waals surface area contributed by atoms with Gasteiger partial charge in [0, 0.05) is 6.04 Å². The normalized spacial score (nSPS) is 18.1. The summed E-state index contributed by atoms with van der Waals surface area (Å²) >= 11 is 0. The molecule has 5 nitrogen and oxygen atoms in total. The summed E-state index contributed by atoms with van der Waals surface area (Å²) in [4.78, 5) is 11.2. The fraction of sp³-hybridized carbons (Fsp3) is 0.909. The quantitative estimate of drug-likeness (QED) is 0.530. The van der Waals surface area contributed by atoms with Crippen molar-refractivity contribution in [2.45, 2.75) is 50.9 Å². The van der Waals surface area contributed by atoms with Gasteiger partial charge < -0.3 is 20.9 Å². The van der Waals surface area contributed by atoms with Crippen molar-refractivity contribution >= 4 is 37.9 Å². The first kappa shape index (κ1) is 21.3. The highest BCUT2D eigenvalue weighted by molar-refractivity contribution is 6.40. The summed E-state index contributed by atoms with van der Waals surface area (Å²) in [6, 6.07) is -0.380. The van der Waals surface area contributed by atoms with Crippen LogP contribution < -0.4 is 5.73 Å². The van der Waals surface area contributed by atoms with Crippen LogP contribution in [0, 0.1) is 11.8 Å². The molecule has 8 heteroatoms. The van der Waals surface area contributed by atoms with Crippen molar-refractivity contribution in [3.63, 3.8) is 0 Å². The zero-order valence-corrected chi connectivity index (χ0v) is 12.5. The van der Waals surface area contributed by atoms with Crippen LogP contribution in [-0.2, 0) is 4.79 Å². The third kappa shape index (κ3) is 7.37. The minimum atomic E-state index is -1.32. The average Bonchev–Trinajstić information content (AvgIpc) is 2.69. The molecule has 1 fully saturated rings. The molecule has 1 rings (SSSR count). The number of hydrogen-bond donors (Lipinski definition) is 4. The number of carbonyl (C=O) groups is 1. The van der Waals surface area contributed by atoms with Crippen LogP contribution in [0.3, 0.4) is 0 Å². The number of rotatable bonds is 7. The molecule has 0 aromatic heterocycles. The van der Waals surface area contributed by atoms with Crippen molar-refractivity contribution in [1.82, 2.24) is 0 Å². The second-order valence-electron chi connectivity index (χ2n) is 4.98. The predicted molar refractivity (Wildman–Crippen MR) is 79.8 cm³/mol. The van der Waals surface area contributed by atoms with Gasteiger partial charge in [0.2, 0.25) is 0 Å². The maximum atomic E-state index is 11.2. The molecule has 2 unspecified atom stereocenters. The highest BCUT2D eigenvalue weighted by Gasteiger charge is 2.34. The van der Waals surface area contributed by atoms with E-state index in [0.717, 1.165) is 25.7 Å². The first-order chi connectivity index (χ1) is 8.02. The van der Waals surface area contributed by atoms with Crippen LogP contribution in [0.4, 0.5) is 0 Å². The van der Waals surface area contributed by atoms with Crippen molar-refractivity contribution in [3.8, 4) is 0 Å². The van der Waals surface area contributed by atoms with Gasteiger partial charge in [0.15, 0.2) is 0 Å². The summed E-state index contributed by atoms with van der Waals surface area (Å²) in [5, 5.41) is 26.7. The predicted octanol–water partition coefficient (Wildman–Crippen LogP) is 1.30. The van der Waals surface area contributed by atoms with Gasteiger partial charge >= 0.3 is 13.1 Å². The summed E-state index contributed by atoms with van der Waals surface area (Å²) in [5.41, 5.74) is 5.94. The van der Waals surface area contributed by atoms with Crippen molar-refractivity contribution in [3.05, 3.63) is 0 Å². The molecule has 0 bridgehead atoms. The van der Waals surface area contributed by atoms with Gasteiger partial charge in [-0.25, -0.2) is 0 Å². The van der Waals surface area contributed by atoms with Crippen molar-refractivity contribution < 1.29 is 19.9 Å². The molecule has 5 N–H and O–H groups in total. The number of nitrogens with two attached hydrogens (primary N) is 1. The highest BCUT2D eigenvalue weighted by atomic mass is 35.5. The van der Waals surface area contributed by atoms with E-state index in [-0.39, 0.29) is 43.1 Å². The van der Waals surface area contributed by atoms with Crippen LogP contribution in [0.15, 0.2) is 0 Å². The van der Waals surface area contributed by atoms with Crippen LogP contribution in [-0.4, -0.2) is 34.3 Å². The Morgan fingerprint density at radius 1 is 1.26 bits per heavy atom. The van der Waals surface area contributed by atoms with Gasteiger partial charge in [-0.3, -0.25) is 4.79 Å². The smallest absolute Gasteiger partial charge is 0.451 e. The molecule has 0 saturated heterocycles. The third-order valence-electron chi connectivity index (χ3n) is 3.65. The Kier molecular flexibility index (Phi) is 12.0. The van der Waals surface area contributed by atoms with Crippen LogP contribution in [0.5, 0.6) is 0 Å². The average molecular weight is 316 g/mol. The first-order valence-corrected chi connectivity index (χ1v) is 6.37. The number of hydrogen-bond acceptors (Lipinski definition) is 4. The molecule has 0 aromatic rings. The van der Waals surface area contributed by atoms with E-state index < -0.39 is 19.0 Å². The lowest BCUT2D eigenvalue weighted by molar-refractivity contribution is -0.144. The third-order valence-corrected chi connectivity index (χ3v) is 3.65. The Balaban J connectivity index is 0. The second kappa shape index (κ2) is 10.7. The van der Waals surface area contributed by atoms with Crippen molar-refractivity contribution in [2.24, 2.45) is 17.6 Å². The lowest BCUT2D eigenvalue weighted by Crippen LogP contribution is -2.39. The van der Waals surface area contributed by atoms with Crippen molar-refractivity contribution in [2.75, 3.05) is 0 Å². The zero-order valence-electron chi connectivity index (χ0n) is 10.9. The second-order valence-corrected chi connectivity index (χ2v) is 4.98. The number of carboxylic acid groups (broad SMARTS) is 1. The fourth-order valence-corrected chi connectivity index (χ4v) is 2.77. The number of carboxylic acids is 1. The van der Waals surface area contributed by atoms with Crippen LogP contribution in [0.2, 0.25) is 6.32 Å². The summed E-state index contributed by atoms with van der Waals surface area (Å²) in [5.74, 6) is -1.09. The highest BCUT2D eigenvalue weighted by Crippen LogP contribution is 2.33. The standard InChI is InChI=1S/C11H22BNO4.2ClH/c13-9(6-3-7-12(16)17)10(11(14)15)8-4-1-2-5-8;;/h8-10,16-17H,1-7,13H2,(H,14,15);2*1H. The Morgan fingerprint density at radius 2 is 1.79 bits per heavy atom. The maximum absolute atomic E-state index is 11.2. The van der Waals surface area contributed by atoms with E-state index in [1.165, 1.54) is 0 Å². The summed E-state index contributed by atoms with van der Waals surface area (Å²) in [7, 11) is -1.32. The molecule has 0 radical (unpaired) electrons. The van der Waals surface area contributed by atoms with E-state index in [2.05, 4.69) is 0 Å². The Bertz CT molecular complexity index is 253. The Hall–Kier alpha value is -0.00506. The fourth-order valence-electron chi connectivity index (χ4n) is 2.77. The van der Waals surface area contributed by atoms with Gasteiger partial charge in [0.1, 0.15) is 0 Å². The largest absolute Gasteiger partial charge is 0.481 e. The van der Waals surface area contributed by atoms with E-state index in [4.69, 9.17) is 15.8 Å². The van der Waals surface area contributed by atoms with Gasteiger partial charge in [-0.2, -0.15) is 0 Å². The summed E-state index contributed by atoms with van der Waals surface area (Å²) in [6.45, 7) is 0. The Labute approximate surface area is 126 Å². The van der Waals surface area contributed by atoms with Crippen molar-refractivity contribution in [1.29, 1.82) is 0 Å². The zero-order chi connectivity index (χ0) is 12.8. The summed E-state index contributed by atoms with van der Waals surface area (Å²) < 4.78 is 0. The van der Waals surface area contributed by atoms with Gasteiger partial charge in [-0.1, -0.05) is 19.3 Å². The molecular weight excluding hydrogens is 292 g/mol. The summed E-state index contributed by atoms with van der Waals surface area (Å²) in [6.07, 6.45) is 5.43. The van der Waals surface area contributed by atoms with E-state index in [9.17, 15) is 9.90 Å². The van der Waals surface area contributed by atoms with E-state index in [0.29, 0.717) is 12.8 Å². The first-order valence-electron chi connectivity index (χ1n) is 6.37. The molecule has 0 spiro atoms. The topological polar surface area (TPSA) is 104 Å². The molecule has 2 atom stereocenters. The molecule has 19 heavy (non-hydrogen) atoms. The van der Waals surface area contributed by atoms with Gasteiger partial charge in [0.05, 0.1) is 5.92 Å². The van der Waals surface area contributed by atoms with E-state index in [1.807, 2.05) is 0 Å².